The molecular weight excluding hydrogens is 210 g/mol. The largest absolute Gasteiger partial charge is 0.416 e. The van der Waals surface area contributed by atoms with E-state index < -0.39 is 17.6 Å². The maximum Gasteiger partial charge on any atom is 0.416 e. The van der Waals surface area contributed by atoms with Gasteiger partial charge in [0.05, 0.1) is 11.3 Å². The molecule has 0 atom stereocenters. The van der Waals surface area contributed by atoms with E-state index in [1.165, 1.54) is 0 Å². The lowest BCUT2D eigenvalue weighted by atomic mass is 10.2. The molecule has 15 heavy (non-hydrogen) atoms. The second-order valence-corrected chi connectivity index (χ2v) is 3.61. The summed E-state index contributed by atoms with van der Waals surface area (Å²) in [7, 11) is 0. The maximum atomic E-state index is 13.1. The molecular formula is C10H9F4N. The number of anilines is 1. The number of alkyl halides is 3. The van der Waals surface area contributed by atoms with E-state index in [0.717, 1.165) is 31.0 Å². The number of hydrogen-bond donors (Lipinski definition) is 1. The van der Waals surface area contributed by atoms with E-state index in [-0.39, 0.29) is 11.7 Å². The van der Waals surface area contributed by atoms with Crippen molar-refractivity contribution in [2.24, 2.45) is 0 Å². The van der Waals surface area contributed by atoms with Crippen LogP contribution in [0.25, 0.3) is 0 Å². The van der Waals surface area contributed by atoms with Crippen LogP contribution in [0.4, 0.5) is 23.2 Å². The Morgan fingerprint density at radius 2 is 1.87 bits per heavy atom. The lowest BCUT2D eigenvalue weighted by Crippen LogP contribution is -2.08. The molecule has 2 rings (SSSR count). The minimum absolute atomic E-state index is 0.0627. The number of halogens is 4. The molecule has 0 bridgehead atoms. The fraction of sp³-hybridized carbons (Fsp3) is 0.400. The molecule has 1 saturated carbocycles. The highest BCUT2D eigenvalue weighted by Gasteiger charge is 2.31. The van der Waals surface area contributed by atoms with Gasteiger partial charge in [-0.05, 0) is 31.0 Å². The SMILES string of the molecule is Fc1ccc(C(F)(F)F)cc1NC1CC1. The van der Waals surface area contributed by atoms with Gasteiger partial charge in [0.2, 0.25) is 0 Å². The molecule has 1 nitrogen and oxygen atoms in total. The predicted molar refractivity (Wildman–Crippen MR) is 48.0 cm³/mol. The monoisotopic (exact) mass is 219 g/mol. The van der Waals surface area contributed by atoms with Gasteiger partial charge in [0.1, 0.15) is 5.82 Å². The van der Waals surface area contributed by atoms with Gasteiger partial charge in [0.15, 0.2) is 0 Å². The third kappa shape index (κ3) is 2.40. The molecule has 1 aliphatic carbocycles. The van der Waals surface area contributed by atoms with E-state index in [9.17, 15) is 17.6 Å². The minimum atomic E-state index is -4.42. The van der Waals surface area contributed by atoms with Gasteiger partial charge in [-0.15, -0.1) is 0 Å². The summed E-state index contributed by atoms with van der Waals surface area (Å²) in [6.45, 7) is 0. The van der Waals surface area contributed by atoms with E-state index in [1.54, 1.807) is 0 Å². The first kappa shape index (κ1) is 10.3. The van der Waals surface area contributed by atoms with Crippen LogP contribution in [0, 0.1) is 5.82 Å². The molecule has 1 aliphatic rings. The van der Waals surface area contributed by atoms with Crippen molar-refractivity contribution in [3.63, 3.8) is 0 Å². The van der Waals surface area contributed by atoms with Gasteiger partial charge in [-0.3, -0.25) is 0 Å². The first-order valence-corrected chi connectivity index (χ1v) is 4.60. The molecule has 0 unspecified atom stereocenters. The number of benzene rings is 1. The van der Waals surface area contributed by atoms with Gasteiger partial charge in [-0.25, -0.2) is 4.39 Å². The van der Waals surface area contributed by atoms with Crippen molar-refractivity contribution in [2.75, 3.05) is 5.32 Å². The molecule has 0 aliphatic heterocycles. The summed E-state index contributed by atoms with van der Waals surface area (Å²) < 4.78 is 50.0. The molecule has 1 aromatic carbocycles. The van der Waals surface area contributed by atoms with Crippen molar-refractivity contribution in [1.82, 2.24) is 0 Å². The first-order chi connectivity index (χ1) is 6.97. The molecule has 1 aromatic rings. The van der Waals surface area contributed by atoms with Crippen molar-refractivity contribution in [2.45, 2.75) is 25.1 Å². The summed E-state index contributed by atoms with van der Waals surface area (Å²) >= 11 is 0. The van der Waals surface area contributed by atoms with Crippen molar-refractivity contribution in [3.8, 4) is 0 Å². The summed E-state index contributed by atoms with van der Waals surface area (Å²) in [4.78, 5) is 0. The normalized spacial score (nSPS) is 16.5. The zero-order valence-corrected chi connectivity index (χ0v) is 7.74. The second kappa shape index (κ2) is 3.40. The van der Waals surface area contributed by atoms with Crippen molar-refractivity contribution in [1.29, 1.82) is 0 Å². The molecule has 5 heteroatoms. The van der Waals surface area contributed by atoms with Crippen molar-refractivity contribution in [3.05, 3.63) is 29.6 Å². The van der Waals surface area contributed by atoms with Crippen LogP contribution in [0.5, 0.6) is 0 Å². The van der Waals surface area contributed by atoms with E-state index in [0.29, 0.717) is 0 Å². The van der Waals surface area contributed by atoms with E-state index in [4.69, 9.17) is 0 Å². The Kier molecular flexibility index (Phi) is 2.32. The lowest BCUT2D eigenvalue weighted by Gasteiger charge is -2.10. The highest BCUT2D eigenvalue weighted by Crippen LogP contribution is 2.33. The lowest BCUT2D eigenvalue weighted by molar-refractivity contribution is -0.137. The number of rotatable bonds is 2. The van der Waals surface area contributed by atoms with Gasteiger partial charge in [0.25, 0.3) is 0 Å². The van der Waals surface area contributed by atoms with E-state index >= 15 is 0 Å². The number of nitrogens with one attached hydrogen (secondary N) is 1. The molecule has 1 fully saturated rings. The maximum absolute atomic E-state index is 13.1. The molecule has 1 N–H and O–H groups in total. The van der Waals surface area contributed by atoms with Crippen LogP contribution in [-0.4, -0.2) is 6.04 Å². The quantitative estimate of drug-likeness (QED) is 0.751. The summed E-state index contributed by atoms with van der Waals surface area (Å²) in [6, 6.07) is 2.53. The third-order valence-electron chi connectivity index (χ3n) is 2.23. The van der Waals surface area contributed by atoms with Gasteiger partial charge in [0, 0.05) is 6.04 Å². The first-order valence-electron chi connectivity index (χ1n) is 4.60. The fourth-order valence-corrected chi connectivity index (χ4v) is 1.26. The van der Waals surface area contributed by atoms with Gasteiger partial charge >= 0.3 is 6.18 Å². The van der Waals surface area contributed by atoms with Gasteiger partial charge in [-0.1, -0.05) is 0 Å². The third-order valence-corrected chi connectivity index (χ3v) is 2.23. The Hall–Kier alpha value is -1.26. The zero-order valence-electron chi connectivity index (χ0n) is 7.74. The molecule has 0 aromatic heterocycles. The molecule has 0 spiro atoms. The second-order valence-electron chi connectivity index (χ2n) is 3.61. The van der Waals surface area contributed by atoms with E-state index in [2.05, 4.69) is 5.32 Å². The number of hydrogen-bond acceptors (Lipinski definition) is 1. The molecule has 0 amide bonds. The van der Waals surface area contributed by atoms with Crippen LogP contribution >= 0.6 is 0 Å². The molecule has 0 heterocycles. The van der Waals surface area contributed by atoms with Crippen LogP contribution < -0.4 is 5.32 Å². The zero-order chi connectivity index (χ0) is 11.1. The van der Waals surface area contributed by atoms with Crippen LogP contribution in [0.3, 0.4) is 0 Å². The Balaban J connectivity index is 2.27. The van der Waals surface area contributed by atoms with Crippen LogP contribution in [0.1, 0.15) is 18.4 Å². The van der Waals surface area contributed by atoms with Crippen molar-refractivity contribution >= 4 is 5.69 Å². The summed E-state index contributed by atoms with van der Waals surface area (Å²) in [5.41, 5.74) is -0.889. The topological polar surface area (TPSA) is 12.0 Å². The Labute approximate surface area is 84.1 Å². The standard InChI is InChI=1S/C10H9F4N/c11-8-4-1-6(10(12,13)14)5-9(8)15-7-2-3-7/h1,4-5,7,15H,2-3H2. The minimum Gasteiger partial charge on any atom is -0.380 e. The molecule has 0 saturated heterocycles. The molecule has 0 radical (unpaired) electrons. The van der Waals surface area contributed by atoms with Gasteiger partial charge < -0.3 is 5.32 Å². The average molecular weight is 219 g/mol. The highest BCUT2D eigenvalue weighted by molar-refractivity contribution is 5.49. The smallest absolute Gasteiger partial charge is 0.380 e. The van der Waals surface area contributed by atoms with Crippen LogP contribution in [-0.2, 0) is 6.18 Å². The highest BCUT2D eigenvalue weighted by atomic mass is 19.4. The summed E-state index contributed by atoms with van der Waals surface area (Å²) in [5, 5.41) is 2.72. The van der Waals surface area contributed by atoms with E-state index in [1.807, 2.05) is 0 Å². The predicted octanol–water partition coefficient (Wildman–Crippen LogP) is 3.42. The Bertz CT molecular complexity index is 368. The van der Waals surface area contributed by atoms with Crippen LogP contribution in [0.2, 0.25) is 0 Å². The average Bonchev–Trinajstić information content (AvgIpc) is 2.90. The molecule has 82 valence electrons. The Morgan fingerprint density at radius 1 is 1.20 bits per heavy atom. The van der Waals surface area contributed by atoms with Crippen molar-refractivity contribution < 1.29 is 17.6 Å². The van der Waals surface area contributed by atoms with Gasteiger partial charge in [-0.2, -0.15) is 13.2 Å². The van der Waals surface area contributed by atoms with Crippen LogP contribution in [0.15, 0.2) is 18.2 Å². The Morgan fingerprint density at radius 3 is 2.40 bits per heavy atom. The summed E-state index contributed by atoms with van der Waals surface area (Å²) in [6.07, 6.45) is -2.65. The fourth-order valence-electron chi connectivity index (χ4n) is 1.26. The summed E-state index contributed by atoms with van der Waals surface area (Å²) in [5.74, 6) is -0.644.